The van der Waals surface area contributed by atoms with Crippen LogP contribution in [0.5, 0.6) is 11.5 Å². The number of hydrogen-bond donors (Lipinski definition) is 0. The summed E-state index contributed by atoms with van der Waals surface area (Å²) in [5, 5.41) is 5.88. The molecule has 5 aromatic heterocycles. The average Bonchev–Trinajstić information content (AvgIpc) is 3.37. The predicted octanol–water partition coefficient (Wildman–Crippen LogP) is 9.81. The number of aromatic nitrogens is 5. The predicted molar refractivity (Wildman–Crippen MR) is 186 cm³/mol. The Morgan fingerprint density at radius 2 is 1.38 bits per heavy atom. The fourth-order valence-electron chi connectivity index (χ4n) is 6.12. The number of hydrogen-bond acceptors (Lipinski definition) is 5. The van der Waals surface area contributed by atoms with Gasteiger partial charge in [0, 0.05) is 46.5 Å². The summed E-state index contributed by atoms with van der Waals surface area (Å²) in [5.41, 5.74) is 5.81. The quantitative estimate of drug-likeness (QED) is 0.132. The van der Waals surface area contributed by atoms with E-state index >= 15 is 0 Å². The second-order valence-electron chi connectivity index (χ2n) is 14.0. The van der Waals surface area contributed by atoms with Gasteiger partial charge in [0.1, 0.15) is 11.5 Å². The Hall–Kier alpha value is -4.67. The zero-order valence-electron chi connectivity index (χ0n) is 27.1. The van der Waals surface area contributed by atoms with E-state index in [9.17, 15) is 0 Å². The Kier molecular flexibility index (Phi) is 7.40. The molecule has 6 nitrogen and oxygen atoms in total. The van der Waals surface area contributed by atoms with Gasteiger partial charge in [0.2, 0.25) is 0 Å². The van der Waals surface area contributed by atoms with Crippen molar-refractivity contribution in [3.8, 4) is 17.3 Å². The molecule has 0 bridgehead atoms. The maximum atomic E-state index is 6.48. The van der Waals surface area contributed by atoms with Crippen LogP contribution in [-0.2, 0) is 31.9 Å². The number of ether oxygens (including phenoxy) is 1. The van der Waals surface area contributed by atoms with Crippen molar-refractivity contribution in [2.45, 2.75) is 52.4 Å². The van der Waals surface area contributed by atoms with E-state index in [0.717, 1.165) is 60.2 Å². The summed E-state index contributed by atoms with van der Waals surface area (Å²) in [4.78, 5) is 19.0. The minimum atomic E-state index is -0.0188. The molecular formula is C40H33N5OPt. The first kappa shape index (κ1) is 31.0. The standard InChI is InChI=1S/C40H33N5O.Pt/c1-39(2,3)26-15-16-41-35(18-26)45-33-10-8-7-9-30(33)31-14-13-29(20-34(31)45)46-28-12-11-24-21-43-38-36(32(24)19-28)37-25(22-44-38)17-27(23-42-37)40(4,5)6;/h7-18,21-23H,1-6H3;/q-2;+2. The van der Waals surface area contributed by atoms with Crippen LogP contribution < -0.4 is 4.74 Å². The number of pyridine rings is 4. The first-order chi connectivity index (χ1) is 22.0. The van der Waals surface area contributed by atoms with Crippen molar-refractivity contribution >= 4 is 54.5 Å². The van der Waals surface area contributed by atoms with Crippen LogP contribution in [0.25, 0.3) is 60.3 Å². The van der Waals surface area contributed by atoms with Gasteiger partial charge in [-0.15, -0.1) is 29.0 Å². The monoisotopic (exact) mass is 794 g/mol. The van der Waals surface area contributed by atoms with E-state index in [-0.39, 0.29) is 31.9 Å². The molecule has 0 spiro atoms. The van der Waals surface area contributed by atoms with Crippen LogP contribution in [0.4, 0.5) is 0 Å². The molecule has 47 heavy (non-hydrogen) atoms. The molecule has 8 rings (SSSR count). The van der Waals surface area contributed by atoms with Gasteiger partial charge in [0.25, 0.3) is 0 Å². The van der Waals surface area contributed by atoms with Crippen LogP contribution in [0.15, 0.2) is 91.5 Å². The SMILES string of the molecule is CC(C)(C)c1ccnc(-n2c3[c-]c(Oc4[c-]c5c(cc4)cnc4ncc6cc(C(C)(C)C)cnc6c45)ccc3c3ccccc32)c1.[Pt+2]. The van der Waals surface area contributed by atoms with Crippen molar-refractivity contribution in [3.05, 3.63) is 115 Å². The smallest absolute Gasteiger partial charge is 0.503 e. The molecule has 0 saturated heterocycles. The van der Waals surface area contributed by atoms with E-state index in [1.807, 2.05) is 43.0 Å². The summed E-state index contributed by atoms with van der Waals surface area (Å²) in [6, 6.07) is 29.9. The zero-order chi connectivity index (χ0) is 31.8. The molecule has 7 heteroatoms. The van der Waals surface area contributed by atoms with Gasteiger partial charge < -0.3 is 9.30 Å². The molecule has 0 aliphatic heterocycles. The molecule has 0 aliphatic rings. The van der Waals surface area contributed by atoms with Gasteiger partial charge >= 0.3 is 21.1 Å². The Bertz CT molecular complexity index is 2490. The van der Waals surface area contributed by atoms with Crippen LogP contribution in [0, 0.1) is 12.1 Å². The normalized spacial score (nSPS) is 12.3. The molecule has 234 valence electrons. The third kappa shape index (κ3) is 5.35. The maximum absolute atomic E-state index is 6.48. The van der Waals surface area contributed by atoms with E-state index < -0.39 is 0 Å². The molecule has 0 radical (unpaired) electrons. The maximum Gasteiger partial charge on any atom is 2.00 e. The van der Waals surface area contributed by atoms with Gasteiger partial charge in [-0.25, -0.2) is 9.97 Å². The summed E-state index contributed by atoms with van der Waals surface area (Å²) < 4.78 is 8.65. The molecular weight excluding hydrogens is 762 g/mol. The summed E-state index contributed by atoms with van der Waals surface area (Å²) in [6.45, 7) is 13.2. The molecule has 0 fully saturated rings. The number of rotatable bonds is 3. The topological polar surface area (TPSA) is 65.7 Å². The molecule has 0 unspecified atom stereocenters. The minimum absolute atomic E-state index is 0. The van der Waals surface area contributed by atoms with E-state index in [1.54, 1.807) is 0 Å². The molecule has 0 saturated carbocycles. The molecule has 0 atom stereocenters. The Morgan fingerprint density at radius 1 is 0.660 bits per heavy atom. The van der Waals surface area contributed by atoms with Gasteiger partial charge in [-0.05, 0) is 63.2 Å². The van der Waals surface area contributed by atoms with Crippen LogP contribution in [-0.4, -0.2) is 24.5 Å². The second kappa shape index (κ2) is 11.2. The van der Waals surface area contributed by atoms with Crippen molar-refractivity contribution in [3.63, 3.8) is 0 Å². The number of benzene rings is 3. The summed E-state index contributed by atoms with van der Waals surface area (Å²) >= 11 is 0. The van der Waals surface area contributed by atoms with Crippen LogP contribution >= 0.6 is 0 Å². The van der Waals surface area contributed by atoms with E-state index in [0.29, 0.717) is 17.1 Å². The van der Waals surface area contributed by atoms with E-state index in [4.69, 9.17) is 14.7 Å². The first-order valence-electron chi connectivity index (χ1n) is 15.5. The van der Waals surface area contributed by atoms with Crippen molar-refractivity contribution in [2.24, 2.45) is 0 Å². The van der Waals surface area contributed by atoms with Crippen molar-refractivity contribution in [2.75, 3.05) is 0 Å². The second-order valence-corrected chi connectivity index (χ2v) is 14.0. The van der Waals surface area contributed by atoms with Gasteiger partial charge in [0.15, 0.2) is 0 Å². The van der Waals surface area contributed by atoms with E-state index in [2.05, 4.69) is 117 Å². The van der Waals surface area contributed by atoms with E-state index in [1.165, 1.54) is 5.56 Å². The Morgan fingerprint density at radius 3 is 2.17 bits per heavy atom. The van der Waals surface area contributed by atoms with Gasteiger partial charge in [0.05, 0.1) is 0 Å². The first-order valence-corrected chi connectivity index (χ1v) is 15.5. The third-order valence-electron chi connectivity index (χ3n) is 8.71. The fraction of sp³-hybridized carbons (Fsp3) is 0.200. The van der Waals surface area contributed by atoms with Gasteiger partial charge in [-0.3, -0.25) is 9.97 Å². The number of fused-ring (bicyclic) bond motifs is 8. The molecule has 3 aromatic carbocycles. The van der Waals surface area contributed by atoms with Crippen molar-refractivity contribution < 1.29 is 25.8 Å². The Labute approximate surface area is 288 Å². The number of para-hydroxylation sites is 1. The summed E-state index contributed by atoms with van der Waals surface area (Å²) in [7, 11) is 0. The van der Waals surface area contributed by atoms with Crippen LogP contribution in [0.2, 0.25) is 0 Å². The van der Waals surface area contributed by atoms with Crippen molar-refractivity contribution in [1.82, 2.24) is 24.5 Å². The molecule has 0 N–H and O–H groups in total. The van der Waals surface area contributed by atoms with Crippen LogP contribution in [0.1, 0.15) is 52.7 Å². The minimum Gasteiger partial charge on any atom is -0.503 e. The third-order valence-corrected chi connectivity index (χ3v) is 8.71. The molecule has 5 heterocycles. The fourth-order valence-corrected chi connectivity index (χ4v) is 6.12. The molecule has 0 amide bonds. The van der Waals surface area contributed by atoms with Crippen molar-refractivity contribution in [1.29, 1.82) is 0 Å². The average molecular weight is 795 g/mol. The zero-order valence-corrected chi connectivity index (χ0v) is 29.4. The van der Waals surface area contributed by atoms with Crippen LogP contribution in [0.3, 0.4) is 0 Å². The number of nitrogens with zero attached hydrogens (tertiary/aromatic N) is 5. The largest absolute Gasteiger partial charge is 2.00 e. The van der Waals surface area contributed by atoms with Gasteiger partial charge in [-0.2, -0.15) is 6.07 Å². The van der Waals surface area contributed by atoms with Gasteiger partial charge in [-0.1, -0.05) is 82.8 Å². The summed E-state index contributed by atoms with van der Waals surface area (Å²) in [5.74, 6) is 2.02. The molecule has 8 aromatic rings. The summed E-state index contributed by atoms with van der Waals surface area (Å²) in [6.07, 6.45) is 7.53. The molecule has 0 aliphatic carbocycles. The Balaban J connectivity index is 0.00000351.